The maximum Gasteiger partial charge on any atom is 0.339 e. The van der Waals surface area contributed by atoms with E-state index in [9.17, 15) is 4.79 Å². The molecule has 1 aliphatic heterocycles. The van der Waals surface area contributed by atoms with Crippen LogP contribution in [0.15, 0.2) is 12.4 Å². The Hall–Kier alpha value is -1.78. The highest BCUT2D eigenvalue weighted by Crippen LogP contribution is 2.19. The van der Waals surface area contributed by atoms with Crippen molar-refractivity contribution in [2.24, 2.45) is 0 Å². The number of fused-ring (bicyclic) bond motifs is 1. The summed E-state index contributed by atoms with van der Waals surface area (Å²) in [4.78, 5) is 10.7. The molecular formula is C7H7N3O2. The highest BCUT2D eigenvalue weighted by molar-refractivity contribution is 6.15. The summed E-state index contributed by atoms with van der Waals surface area (Å²) < 4.78 is 0. The maximum atomic E-state index is 10.7. The second kappa shape index (κ2) is 2.37. The van der Waals surface area contributed by atoms with E-state index in [0.29, 0.717) is 12.2 Å². The average molecular weight is 165 g/mol. The third kappa shape index (κ3) is 0.868. The number of hydrogen-bond acceptors (Lipinski definition) is 3. The molecule has 3 N–H and O–H groups in total. The van der Waals surface area contributed by atoms with Gasteiger partial charge in [-0.2, -0.15) is 5.10 Å². The van der Waals surface area contributed by atoms with Crippen molar-refractivity contribution >= 4 is 11.5 Å². The summed E-state index contributed by atoms with van der Waals surface area (Å²) in [6.07, 6.45) is 3.16. The van der Waals surface area contributed by atoms with Crippen LogP contribution in [0.25, 0.3) is 5.57 Å². The van der Waals surface area contributed by atoms with E-state index in [-0.39, 0.29) is 5.57 Å². The van der Waals surface area contributed by atoms with E-state index in [0.717, 1.165) is 5.56 Å². The number of rotatable bonds is 1. The van der Waals surface area contributed by atoms with Crippen molar-refractivity contribution in [3.05, 3.63) is 23.7 Å². The van der Waals surface area contributed by atoms with Gasteiger partial charge in [-0.3, -0.25) is 5.10 Å². The standard InChI is InChI=1S/C7H7N3O2/c11-7(12)5-3-8-1-4-2-9-10-6(4)5/h2-3,8H,1H2,(H,9,10)(H,11,12). The molecule has 0 saturated carbocycles. The van der Waals surface area contributed by atoms with E-state index < -0.39 is 5.97 Å². The number of aromatic amines is 1. The third-order valence-electron chi connectivity index (χ3n) is 1.74. The van der Waals surface area contributed by atoms with Crippen LogP contribution in [-0.2, 0) is 11.3 Å². The molecule has 0 atom stereocenters. The number of aromatic nitrogens is 2. The van der Waals surface area contributed by atoms with Crippen molar-refractivity contribution < 1.29 is 9.90 Å². The van der Waals surface area contributed by atoms with Gasteiger partial charge in [0, 0.05) is 24.5 Å². The van der Waals surface area contributed by atoms with Crippen LogP contribution in [0.1, 0.15) is 11.3 Å². The Bertz CT molecular complexity index is 353. The number of nitrogens with zero attached hydrogens (tertiary/aromatic N) is 1. The first kappa shape index (κ1) is 6.90. The zero-order valence-electron chi connectivity index (χ0n) is 6.16. The molecule has 0 aliphatic carbocycles. The van der Waals surface area contributed by atoms with Gasteiger partial charge >= 0.3 is 5.97 Å². The Morgan fingerprint density at radius 3 is 3.25 bits per heavy atom. The van der Waals surface area contributed by atoms with Crippen LogP contribution < -0.4 is 5.32 Å². The zero-order valence-corrected chi connectivity index (χ0v) is 6.16. The quantitative estimate of drug-likeness (QED) is 0.544. The minimum atomic E-state index is -0.962. The molecule has 0 radical (unpaired) electrons. The van der Waals surface area contributed by atoms with Gasteiger partial charge in [-0.15, -0.1) is 0 Å². The third-order valence-corrected chi connectivity index (χ3v) is 1.74. The van der Waals surface area contributed by atoms with Crippen molar-refractivity contribution in [2.75, 3.05) is 0 Å². The van der Waals surface area contributed by atoms with Gasteiger partial charge in [-0.25, -0.2) is 4.79 Å². The molecule has 12 heavy (non-hydrogen) atoms. The molecule has 0 saturated heterocycles. The summed E-state index contributed by atoms with van der Waals surface area (Å²) in [7, 11) is 0. The molecule has 0 fully saturated rings. The molecule has 0 amide bonds. The first-order valence-electron chi connectivity index (χ1n) is 3.49. The molecule has 0 aromatic carbocycles. The Morgan fingerprint density at radius 1 is 1.67 bits per heavy atom. The van der Waals surface area contributed by atoms with Crippen LogP contribution in [-0.4, -0.2) is 21.3 Å². The fraction of sp³-hybridized carbons (Fsp3) is 0.143. The molecule has 2 heterocycles. The van der Waals surface area contributed by atoms with Crippen molar-refractivity contribution in [3.63, 3.8) is 0 Å². The van der Waals surface area contributed by atoms with Crippen molar-refractivity contribution in [1.82, 2.24) is 15.5 Å². The van der Waals surface area contributed by atoms with Crippen LogP contribution in [0.4, 0.5) is 0 Å². The predicted octanol–water partition coefficient (Wildman–Crippen LogP) is -0.0616. The summed E-state index contributed by atoms with van der Waals surface area (Å²) in [5.74, 6) is -0.962. The van der Waals surface area contributed by atoms with Gasteiger partial charge < -0.3 is 10.4 Å². The SMILES string of the molecule is O=C(O)C1=CNCc2c[nH]nc21. The van der Waals surface area contributed by atoms with Crippen LogP contribution in [0.3, 0.4) is 0 Å². The summed E-state index contributed by atoms with van der Waals surface area (Å²) in [5.41, 5.74) is 1.62. The largest absolute Gasteiger partial charge is 0.478 e. The lowest BCUT2D eigenvalue weighted by atomic mass is 10.1. The molecule has 0 unspecified atom stereocenters. The molecule has 62 valence electrons. The normalized spacial score (nSPS) is 14.5. The Kier molecular flexibility index (Phi) is 1.36. The summed E-state index contributed by atoms with van der Waals surface area (Å²) in [6, 6.07) is 0. The topological polar surface area (TPSA) is 78.0 Å². The first-order chi connectivity index (χ1) is 5.79. The lowest BCUT2D eigenvalue weighted by molar-refractivity contribution is -0.130. The molecule has 0 bridgehead atoms. The number of carboxylic acid groups (broad SMARTS) is 1. The van der Waals surface area contributed by atoms with Crippen LogP contribution >= 0.6 is 0 Å². The molecular weight excluding hydrogens is 158 g/mol. The summed E-state index contributed by atoms with van der Waals surface area (Å²) in [5, 5.41) is 18.1. The Labute approximate surface area is 68.1 Å². The number of carboxylic acids is 1. The highest BCUT2D eigenvalue weighted by Gasteiger charge is 2.19. The van der Waals surface area contributed by atoms with Crippen molar-refractivity contribution in [2.45, 2.75) is 6.54 Å². The molecule has 5 nitrogen and oxygen atoms in total. The first-order valence-corrected chi connectivity index (χ1v) is 3.49. The second-order valence-corrected chi connectivity index (χ2v) is 2.50. The van der Waals surface area contributed by atoms with E-state index in [1.54, 1.807) is 6.20 Å². The van der Waals surface area contributed by atoms with Gasteiger partial charge in [-0.05, 0) is 0 Å². The monoisotopic (exact) mass is 165 g/mol. The van der Waals surface area contributed by atoms with Crippen molar-refractivity contribution in [1.29, 1.82) is 0 Å². The maximum absolute atomic E-state index is 10.7. The zero-order chi connectivity index (χ0) is 8.55. The van der Waals surface area contributed by atoms with E-state index in [1.807, 2.05) is 0 Å². The van der Waals surface area contributed by atoms with Crippen LogP contribution in [0.2, 0.25) is 0 Å². The lowest BCUT2D eigenvalue weighted by Gasteiger charge is -2.09. The smallest absolute Gasteiger partial charge is 0.339 e. The number of H-pyrrole nitrogens is 1. The Morgan fingerprint density at radius 2 is 2.50 bits per heavy atom. The summed E-state index contributed by atoms with van der Waals surface area (Å²) in [6.45, 7) is 0.628. The average Bonchev–Trinajstić information content (AvgIpc) is 2.49. The predicted molar refractivity (Wildman–Crippen MR) is 41.0 cm³/mol. The van der Waals surface area contributed by atoms with Crippen molar-refractivity contribution in [3.8, 4) is 0 Å². The Balaban J connectivity index is 2.50. The lowest BCUT2D eigenvalue weighted by Crippen LogP contribution is -2.16. The van der Waals surface area contributed by atoms with E-state index in [1.165, 1.54) is 6.20 Å². The fourth-order valence-electron chi connectivity index (χ4n) is 1.18. The molecule has 2 rings (SSSR count). The highest BCUT2D eigenvalue weighted by atomic mass is 16.4. The molecule has 0 spiro atoms. The van der Waals surface area contributed by atoms with Gasteiger partial charge in [0.05, 0.1) is 0 Å². The molecule has 1 aromatic heterocycles. The minimum absolute atomic E-state index is 0.206. The number of aliphatic carboxylic acids is 1. The molecule has 5 heteroatoms. The summed E-state index contributed by atoms with van der Waals surface area (Å²) >= 11 is 0. The van der Waals surface area contributed by atoms with E-state index in [4.69, 9.17) is 5.11 Å². The van der Waals surface area contributed by atoms with E-state index >= 15 is 0 Å². The van der Waals surface area contributed by atoms with Gasteiger partial charge in [0.2, 0.25) is 0 Å². The number of carbonyl (C=O) groups is 1. The van der Waals surface area contributed by atoms with Crippen LogP contribution in [0.5, 0.6) is 0 Å². The second-order valence-electron chi connectivity index (χ2n) is 2.50. The van der Waals surface area contributed by atoms with Gasteiger partial charge in [0.25, 0.3) is 0 Å². The van der Waals surface area contributed by atoms with Gasteiger partial charge in [0.1, 0.15) is 11.3 Å². The minimum Gasteiger partial charge on any atom is -0.478 e. The van der Waals surface area contributed by atoms with E-state index in [2.05, 4.69) is 15.5 Å². The number of nitrogens with one attached hydrogen (secondary N) is 2. The molecule has 1 aromatic rings. The van der Waals surface area contributed by atoms with Gasteiger partial charge in [0.15, 0.2) is 0 Å². The number of hydrogen-bond donors (Lipinski definition) is 3. The molecule has 1 aliphatic rings. The fourth-order valence-corrected chi connectivity index (χ4v) is 1.18. The van der Waals surface area contributed by atoms with Gasteiger partial charge in [-0.1, -0.05) is 0 Å². The van der Waals surface area contributed by atoms with Crippen LogP contribution in [0, 0.1) is 0 Å².